The van der Waals surface area contributed by atoms with Crippen LogP contribution in [-0.2, 0) is 4.79 Å². The molecule has 0 aliphatic rings. The van der Waals surface area contributed by atoms with Gasteiger partial charge >= 0.3 is 0 Å². The Kier molecular flexibility index (Phi) is 3.86. The van der Waals surface area contributed by atoms with Crippen molar-refractivity contribution in [2.45, 2.75) is 20.3 Å². The minimum Gasteiger partial charge on any atom is -0.369 e. The average Bonchev–Trinajstić information content (AvgIpc) is 2.17. The van der Waals surface area contributed by atoms with Crippen LogP contribution in [0.3, 0.4) is 0 Å². The summed E-state index contributed by atoms with van der Waals surface area (Å²) < 4.78 is 0.915. The van der Waals surface area contributed by atoms with E-state index in [9.17, 15) is 9.59 Å². The quantitative estimate of drug-likeness (QED) is 0.864. The van der Waals surface area contributed by atoms with E-state index >= 15 is 0 Å². The predicted molar refractivity (Wildman–Crippen MR) is 66.1 cm³/mol. The highest BCUT2D eigenvalue weighted by molar-refractivity contribution is 9.10. The van der Waals surface area contributed by atoms with E-state index in [2.05, 4.69) is 15.9 Å². The number of carbonyl (C=O) groups is 2. The van der Waals surface area contributed by atoms with Gasteiger partial charge in [0.15, 0.2) is 5.78 Å². The molecule has 1 aromatic rings. The second kappa shape index (κ2) is 4.78. The fraction of sp³-hybridized carbons (Fsp3) is 0.333. The first kappa shape index (κ1) is 12.9. The molecule has 0 aromatic heterocycles. The minimum atomic E-state index is -0.801. The van der Waals surface area contributed by atoms with E-state index in [4.69, 9.17) is 5.73 Å². The van der Waals surface area contributed by atoms with Crippen LogP contribution in [-0.4, -0.2) is 11.7 Å². The van der Waals surface area contributed by atoms with Crippen LogP contribution in [0.5, 0.6) is 0 Å². The molecule has 0 heterocycles. The van der Waals surface area contributed by atoms with Gasteiger partial charge in [0, 0.05) is 16.5 Å². The number of primary amides is 1. The molecule has 2 N–H and O–H groups in total. The second-order valence-corrected chi connectivity index (χ2v) is 5.27. The van der Waals surface area contributed by atoms with Crippen molar-refractivity contribution in [3.8, 4) is 0 Å². The molecular formula is C12H14BrNO2. The zero-order chi connectivity index (χ0) is 12.3. The van der Waals surface area contributed by atoms with E-state index in [0.717, 1.165) is 4.47 Å². The van der Waals surface area contributed by atoms with Crippen LogP contribution in [0.1, 0.15) is 30.6 Å². The first-order valence-electron chi connectivity index (χ1n) is 4.91. The number of benzene rings is 1. The summed E-state index contributed by atoms with van der Waals surface area (Å²) >= 11 is 3.29. The van der Waals surface area contributed by atoms with Crippen molar-refractivity contribution in [2.75, 3.05) is 0 Å². The number of amides is 1. The highest BCUT2D eigenvalue weighted by atomic mass is 79.9. The molecule has 1 aromatic carbocycles. The summed E-state index contributed by atoms with van der Waals surface area (Å²) in [6.07, 6.45) is 0.129. The van der Waals surface area contributed by atoms with E-state index in [1.165, 1.54) is 0 Å². The molecule has 0 atom stereocenters. The van der Waals surface area contributed by atoms with E-state index in [-0.39, 0.29) is 12.2 Å². The highest BCUT2D eigenvalue weighted by Crippen LogP contribution is 2.22. The van der Waals surface area contributed by atoms with Gasteiger partial charge in [-0.3, -0.25) is 9.59 Å². The summed E-state index contributed by atoms with van der Waals surface area (Å²) in [6.45, 7) is 3.35. The third-order valence-corrected chi connectivity index (χ3v) is 2.96. The van der Waals surface area contributed by atoms with Gasteiger partial charge in [-0.1, -0.05) is 41.9 Å². The number of carbonyl (C=O) groups excluding carboxylic acids is 2. The Hall–Kier alpha value is -1.16. The molecule has 16 heavy (non-hydrogen) atoms. The SMILES string of the molecule is CC(C)(CC(=O)c1ccc(Br)cc1)C(N)=O. The monoisotopic (exact) mass is 283 g/mol. The summed E-state index contributed by atoms with van der Waals surface area (Å²) in [7, 11) is 0. The number of hydrogen-bond donors (Lipinski definition) is 1. The summed E-state index contributed by atoms with van der Waals surface area (Å²) in [4.78, 5) is 23.0. The zero-order valence-electron chi connectivity index (χ0n) is 9.29. The summed E-state index contributed by atoms with van der Waals surface area (Å²) in [6, 6.07) is 7.04. The van der Waals surface area contributed by atoms with Gasteiger partial charge in [-0.05, 0) is 12.1 Å². The van der Waals surface area contributed by atoms with Gasteiger partial charge in [0.05, 0.1) is 5.41 Å². The Labute approximate surface area is 103 Å². The van der Waals surface area contributed by atoms with Crippen molar-refractivity contribution < 1.29 is 9.59 Å². The number of hydrogen-bond acceptors (Lipinski definition) is 2. The molecule has 0 spiro atoms. The van der Waals surface area contributed by atoms with Crippen LogP contribution < -0.4 is 5.73 Å². The van der Waals surface area contributed by atoms with Gasteiger partial charge in [0.2, 0.25) is 5.91 Å². The lowest BCUT2D eigenvalue weighted by molar-refractivity contribution is -0.125. The number of halogens is 1. The first-order valence-corrected chi connectivity index (χ1v) is 5.71. The molecule has 1 rings (SSSR count). The molecule has 0 saturated heterocycles. The van der Waals surface area contributed by atoms with Crippen molar-refractivity contribution >= 4 is 27.6 Å². The van der Waals surface area contributed by atoms with Crippen LogP contribution in [0.2, 0.25) is 0 Å². The molecule has 0 aliphatic heterocycles. The summed E-state index contributed by atoms with van der Waals surface area (Å²) in [5, 5.41) is 0. The van der Waals surface area contributed by atoms with Crippen LogP contribution in [0.4, 0.5) is 0 Å². The van der Waals surface area contributed by atoms with E-state index in [1.807, 2.05) is 0 Å². The zero-order valence-corrected chi connectivity index (χ0v) is 10.9. The molecule has 4 heteroatoms. The molecule has 0 unspecified atom stereocenters. The summed E-state index contributed by atoms with van der Waals surface area (Å²) in [5.41, 5.74) is 5.02. The Balaban J connectivity index is 2.81. The van der Waals surface area contributed by atoms with Gasteiger partial charge in [0.1, 0.15) is 0 Å². The van der Waals surface area contributed by atoms with Crippen molar-refractivity contribution in [1.82, 2.24) is 0 Å². The Morgan fingerprint density at radius 2 is 1.75 bits per heavy atom. The van der Waals surface area contributed by atoms with Crippen molar-refractivity contribution in [1.29, 1.82) is 0 Å². The maximum Gasteiger partial charge on any atom is 0.223 e. The Morgan fingerprint density at radius 3 is 2.19 bits per heavy atom. The number of rotatable bonds is 4. The number of nitrogens with two attached hydrogens (primary N) is 1. The maximum absolute atomic E-state index is 11.9. The van der Waals surface area contributed by atoms with Gasteiger partial charge in [-0.15, -0.1) is 0 Å². The Morgan fingerprint density at radius 1 is 1.25 bits per heavy atom. The normalized spacial score (nSPS) is 11.2. The Bertz CT molecular complexity index is 410. The molecule has 0 fully saturated rings. The average molecular weight is 284 g/mol. The lowest BCUT2D eigenvalue weighted by atomic mass is 9.85. The van der Waals surface area contributed by atoms with Gasteiger partial charge < -0.3 is 5.73 Å². The topological polar surface area (TPSA) is 60.2 Å². The van der Waals surface area contributed by atoms with E-state index in [1.54, 1.807) is 38.1 Å². The van der Waals surface area contributed by atoms with Gasteiger partial charge in [0.25, 0.3) is 0 Å². The largest absolute Gasteiger partial charge is 0.369 e. The molecule has 0 radical (unpaired) electrons. The lowest BCUT2D eigenvalue weighted by Crippen LogP contribution is -2.33. The lowest BCUT2D eigenvalue weighted by Gasteiger charge is -2.19. The molecule has 0 aliphatic carbocycles. The molecular weight excluding hydrogens is 270 g/mol. The second-order valence-electron chi connectivity index (χ2n) is 4.35. The number of Topliss-reactive ketones (excluding diaryl/α,β-unsaturated/α-hetero) is 1. The fourth-order valence-electron chi connectivity index (χ4n) is 1.23. The van der Waals surface area contributed by atoms with Gasteiger partial charge in [-0.2, -0.15) is 0 Å². The molecule has 0 saturated carbocycles. The molecule has 0 bridgehead atoms. The van der Waals surface area contributed by atoms with Crippen molar-refractivity contribution in [2.24, 2.45) is 11.1 Å². The predicted octanol–water partition coefficient (Wildman–Crippen LogP) is 2.53. The van der Waals surface area contributed by atoms with Crippen LogP contribution in [0.25, 0.3) is 0 Å². The van der Waals surface area contributed by atoms with E-state index < -0.39 is 11.3 Å². The summed E-state index contributed by atoms with van der Waals surface area (Å²) in [5.74, 6) is -0.533. The van der Waals surface area contributed by atoms with Gasteiger partial charge in [-0.25, -0.2) is 0 Å². The van der Waals surface area contributed by atoms with Crippen molar-refractivity contribution in [3.05, 3.63) is 34.3 Å². The smallest absolute Gasteiger partial charge is 0.223 e. The highest BCUT2D eigenvalue weighted by Gasteiger charge is 2.28. The first-order chi connectivity index (χ1) is 7.33. The van der Waals surface area contributed by atoms with Crippen molar-refractivity contribution in [3.63, 3.8) is 0 Å². The fourth-order valence-corrected chi connectivity index (χ4v) is 1.49. The third kappa shape index (κ3) is 3.17. The molecule has 1 amide bonds. The van der Waals surface area contributed by atoms with Crippen LogP contribution in [0, 0.1) is 5.41 Å². The van der Waals surface area contributed by atoms with Crippen LogP contribution >= 0.6 is 15.9 Å². The standard InChI is InChI=1S/C12H14BrNO2/c1-12(2,11(14)16)7-10(15)8-3-5-9(13)6-4-8/h3-6H,7H2,1-2H3,(H2,14,16). The van der Waals surface area contributed by atoms with E-state index in [0.29, 0.717) is 5.56 Å². The number of ketones is 1. The third-order valence-electron chi connectivity index (χ3n) is 2.44. The van der Waals surface area contributed by atoms with Crippen LogP contribution in [0.15, 0.2) is 28.7 Å². The molecule has 86 valence electrons. The maximum atomic E-state index is 11.9. The molecule has 3 nitrogen and oxygen atoms in total. The minimum absolute atomic E-state index is 0.0729.